The van der Waals surface area contributed by atoms with E-state index in [9.17, 15) is 4.79 Å². The van der Waals surface area contributed by atoms with Gasteiger partial charge in [0.05, 0.1) is 12.7 Å². The number of hydrogen-bond acceptors (Lipinski definition) is 3. The highest BCUT2D eigenvalue weighted by atomic mass is 16.5. The van der Waals surface area contributed by atoms with Gasteiger partial charge in [0, 0.05) is 6.42 Å². The van der Waals surface area contributed by atoms with E-state index >= 15 is 0 Å². The Bertz CT molecular complexity index is 377. The molecule has 2 N–H and O–H groups in total. The maximum Gasteiger partial charge on any atom is 0.166 e. The van der Waals surface area contributed by atoms with Gasteiger partial charge in [0.15, 0.2) is 5.78 Å². The van der Waals surface area contributed by atoms with Gasteiger partial charge in [-0.1, -0.05) is 25.5 Å². The van der Waals surface area contributed by atoms with Crippen molar-refractivity contribution in [3.63, 3.8) is 0 Å². The number of nitrogens with two attached hydrogens (primary N) is 1. The summed E-state index contributed by atoms with van der Waals surface area (Å²) in [5, 5.41) is 0. The zero-order chi connectivity index (χ0) is 13.4. The molecule has 1 unspecified atom stereocenters. The standard InChI is InChI=1S/C15H23NO2/c1-3-12(10-11-16)8-9-14(17)13-6-4-5-7-15(13)18-2/h4-7,12H,3,8-11,16H2,1-2H3. The molecule has 18 heavy (non-hydrogen) atoms. The minimum absolute atomic E-state index is 0.155. The molecule has 0 aliphatic heterocycles. The molecule has 0 spiro atoms. The number of benzene rings is 1. The van der Waals surface area contributed by atoms with Crippen molar-refractivity contribution >= 4 is 5.78 Å². The number of ether oxygens (including phenoxy) is 1. The zero-order valence-corrected chi connectivity index (χ0v) is 11.3. The summed E-state index contributed by atoms with van der Waals surface area (Å²) in [6.45, 7) is 2.84. The molecule has 3 nitrogen and oxygen atoms in total. The first kappa shape index (κ1) is 14.7. The predicted octanol–water partition coefficient (Wildman–Crippen LogP) is 3.03. The molecule has 0 saturated heterocycles. The second-order valence-corrected chi connectivity index (χ2v) is 4.51. The Hall–Kier alpha value is -1.35. The molecule has 3 heteroatoms. The average Bonchev–Trinajstić information content (AvgIpc) is 2.42. The minimum atomic E-state index is 0.155. The van der Waals surface area contributed by atoms with Gasteiger partial charge in [-0.3, -0.25) is 4.79 Å². The van der Waals surface area contributed by atoms with E-state index < -0.39 is 0 Å². The van der Waals surface area contributed by atoms with Gasteiger partial charge in [-0.05, 0) is 37.4 Å². The third-order valence-electron chi connectivity index (χ3n) is 3.34. The summed E-state index contributed by atoms with van der Waals surface area (Å²) in [7, 11) is 1.59. The molecular formula is C15H23NO2. The lowest BCUT2D eigenvalue weighted by Crippen LogP contribution is -2.10. The maximum absolute atomic E-state index is 12.1. The van der Waals surface area contributed by atoms with Crippen LogP contribution in [-0.2, 0) is 0 Å². The second-order valence-electron chi connectivity index (χ2n) is 4.51. The van der Waals surface area contributed by atoms with Crippen LogP contribution in [0.2, 0.25) is 0 Å². The highest BCUT2D eigenvalue weighted by molar-refractivity contribution is 5.98. The van der Waals surface area contributed by atoms with Gasteiger partial charge >= 0.3 is 0 Å². The van der Waals surface area contributed by atoms with Crippen LogP contribution in [0.5, 0.6) is 5.75 Å². The maximum atomic E-state index is 12.1. The Morgan fingerprint density at radius 3 is 2.67 bits per heavy atom. The van der Waals surface area contributed by atoms with Crippen LogP contribution in [0, 0.1) is 5.92 Å². The quantitative estimate of drug-likeness (QED) is 0.720. The molecule has 0 aliphatic carbocycles. The molecule has 0 fully saturated rings. The first-order chi connectivity index (χ1) is 8.72. The van der Waals surface area contributed by atoms with E-state index in [1.165, 1.54) is 0 Å². The van der Waals surface area contributed by atoms with Crippen LogP contribution in [0.4, 0.5) is 0 Å². The summed E-state index contributed by atoms with van der Waals surface area (Å²) in [4.78, 5) is 12.1. The lowest BCUT2D eigenvalue weighted by atomic mass is 9.94. The number of para-hydroxylation sites is 1. The van der Waals surface area contributed by atoms with E-state index in [1.807, 2.05) is 24.3 Å². The molecule has 100 valence electrons. The van der Waals surface area contributed by atoms with Crippen molar-refractivity contribution < 1.29 is 9.53 Å². The Labute approximate surface area is 109 Å². The van der Waals surface area contributed by atoms with Crippen LogP contribution in [-0.4, -0.2) is 19.4 Å². The van der Waals surface area contributed by atoms with Crippen molar-refractivity contribution in [1.29, 1.82) is 0 Å². The fourth-order valence-corrected chi connectivity index (χ4v) is 2.13. The molecule has 1 atom stereocenters. The lowest BCUT2D eigenvalue weighted by molar-refractivity contribution is 0.0969. The Morgan fingerprint density at radius 1 is 1.33 bits per heavy atom. The van der Waals surface area contributed by atoms with Crippen molar-refractivity contribution in [3.05, 3.63) is 29.8 Å². The van der Waals surface area contributed by atoms with Crippen LogP contribution in [0.1, 0.15) is 43.0 Å². The van der Waals surface area contributed by atoms with E-state index in [4.69, 9.17) is 10.5 Å². The van der Waals surface area contributed by atoms with Crippen LogP contribution in [0.25, 0.3) is 0 Å². The van der Waals surface area contributed by atoms with Crippen molar-refractivity contribution in [2.24, 2.45) is 11.7 Å². The monoisotopic (exact) mass is 249 g/mol. The number of Topliss-reactive ketones (excluding diaryl/α,β-unsaturated/α-hetero) is 1. The first-order valence-electron chi connectivity index (χ1n) is 6.59. The van der Waals surface area contributed by atoms with Gasteiger partial charge in [-0.15, -0.1) is 0 Å². The van der Waals surface area contributed by atoms with Gasteiger partial charge in [0.25, 0.3) is 0 Å². The first-order valence-corrected chi connectivity index (χ1v) is 6.59. The lowest BCUT2D eigenvalue weighted by Gasteiger charge is -2.13. The van der Waals surface area contributed by atoms with Gasteiger partial charge in [-0.25, -0.2) is 0 Å². The highest BCUT2D eigenvalue weighted by Crippen LogP contribution is 2.22. The molecule has 0 aromatic heterocycles. The predicted molar refractivity (Wildman–Crippen MR) is 74.0 cm³/mol. The van der Waals surface area contributed by atoms with Gasteiger partial charge in [0.2, 0.25) is 0 Å². The molecule has 0 bridgehead atoms. The number of methoxy groups -OCH3 is 1. The summed E-state index contributed by atoms with van der Waals surface area (Å²) < 4.78 is 5.21. The minimum Gasteiger partial charge on any atom is -0.496 e. The molecule has 0 saturated carbocycles. The van der Waals surface area contributed by atoms with Crippen LogP contribution in [0.3, 0.4) is 0 Å². The van der Waals surface area contributed by atoms with Gasteiger partial charge < -0.3 is 10.5 Å². The third kappa shape index (κ3) is 4.15. The van der Waals surface area contributed by atoms with Crippen molar-refractivity contribution in [3.8, 4) is 5.75 Å². The number of carbonyl (C=O) groups is 1. The second kappa shape index (κ2) is 7.88. The van der Waals surface area contributed by atoms with Crippen LogP contribution in [0.15, 0.2) is 24.3 Å². The van der Waals surface area contributed by atoms with Gasteiger partial charge in [-0.2, -0.15) is 0 Å². The van der Waals surface area contributed by atoms with E-state index in [0.29, 0.717) is 30.2 Å². The topological polar surface area (TPSA) is 52.3 Å². The number of ketones is 1. The molecule has 1 aromatic rings. The average molecular weight is 249 g/mol. The SMILES string of the molecule is CCC(CCN)CCC(=O)c1ccccc1OC. The smallest absolute Gasteiger partial charge is 0.166 e. The Balaban J connectivity index is 2.59. The van der Waals surface area contributed by atoms with E-state index in [0.717, 1.165) is 19.3 Å². The summed E-state index contributed by atoms with van der Waals surface area (Å²) >= 11 is 0. The molecule has 0 aliphatic rings. The Kier molecular flexibility index (Phi) is 6.44. The molecule has 0 heterocycles. The molecular weight excluding hydrogens is 226 g/mol. The fourth-order valence-electron chi connectivity index (χ4n) is 2.13. The summed E-state index contributed by atoms with van der Waals surface area (Å²) in [5.41, 5.74) is 6.25. The van der Waals surface area contributed by atoms with Crippen LogP contribution < -0.4 is 10.5 Å². The summed E-state index contributed by atoms with van der Waals surface area (Å²) in [5.74, 6) is 1.37. The molecule has 0 amide bonds. The summed E-state index contributed by atoms with van der Waals surface area (Å²) in [6, 6.07) is 7.39. The molecule has 1 aromatic carbocycles. The zero-order valence-electron chi connectivity index (χ0n) is 11.3. The third-order valence-corrected chi connectivity index (χ3v) is 3.34. The van der Waals surface area contributed by atoms with Crippen LogP contribution >= 0.6 is 0 Å². The molecule has 1 rings (SSSR count). The van der Waals surface area contributed by atoms with Gasteiger partial charge in [0.1, 0.15) is 5.75 Å². The number of rotatable bonds is 8. The number of hydrogen-bond donors (Lipinski definition) is 1. The molecule has 0 radical (unpaired) electrons. The largest absolute Gasteiger partial charge is 0.496 e. The summed E-state index contributed by atoms with van der Waals surface area (Å²) in [6.07, 6.45) is 3.55. The highest BCUT2D eigenvalue weighted by Gasteiger charge is 2.13. The normalized spacial score (nSPS) is 12.2. The number of carbonyl (C=O) groups excluding carboxylic acids is 1. The fraction of sp³-hybridized carbons (Fsp3) is 0.533. The Morgan fingerprint density at radius 2 is 2.06 bits per heavy atom. The van der Waals surface area contributed by atoms with Crippen molar-refractivity contribution in [2.75, 3.05) is 13.7 Å². The van der Waals surface area contributed by atoms with Crippen molar-refractivity contribution in [1.82, 2.24) is 0 Å². The van der Waals surface area contributed by atoms with E-state index in [2.05, 4.69) is 6.92 Å². The van der Waals surface area contributed by atoms with Crippen molar-refractivity contribution in [2.45, 2.75) is 32.6 Å². The van der Waals surface area contributed by atoms with E-state index in [1.54, 1.807) is 7.11 Å². The van der Waals surface area contributed by atoms with E-state index in [-0.39, 0.29) is 5.78 Å².